The van der Waals surface area contributed by atoms with E-state index in [1.807, 2.05) is 0 Å². The lowest BCUT2D eigenvalue weighted by Crippen LogP contribution is -2.48. The topological polar surface area (TPSA) is 136 Å². The molecule has 9 nitrogen and oxygen atoms in total. The Balaban J connectivity index is 2.48. The summed E-state index contributed by atoms with van der Waals surface area (Å²) in [5.74, 6) is -2.59. The Bertz CT molecular complexity index is 439. The highest BCUT2D eigenvalue weighted by Gasteiger charge is 2.29. The number of rotatable bonds is 6. The van der Waals surface area contributed by atoms with Crippen molar-refractivity contribution in [3.8, 4) is 0 Å². The van der Waals surface area contributed by atoms with Crippen LogP contribution in [-0.2, 0) is 14.4 Å². The van der Waals surface area contributed by atoms with Crippen LogP contribution in [0.2, 0.25) is 0 Å². The Morgan fingerprint density at radius 3 is 2.48 bits per heavy atom. The van der Waals surface area contributed by atoms with E-state index >= 15 is 0 Å². The number of nitrogens with zero attached hydrogens (tertiary/aromatic N) is 1. The van der Waals surface area contributed by atoms with E-state index in [9.17, 15) is 19.2 Å². The van der Waals surface area contributed by atoms with Gasteiger partial charge in [-0.05, 0) is 12.8 Å². The maximum Gasteiger partial charge on any atom is 0.326 e. The highest BCUT2D eigenvalue weighted by molar-refractivity contribution is 5.83. The van der Waals surface area contributed by atoms with E-state index in [-0.39, 0.29) is 24.8 Å². The Kier molecular flexibility index (Phi) is 5.94. The fourth-order valence-electron chi connectivity index (χ4n) is 2.12. The van der Waals surface area contributed by atoms with Gasteiger partial charge in [-0.2, -0.15) is 0 Å². The number of carbonyl (C=O) groups is 4. The van der Waals surface area contributed by atoms with Gasteiger partial charge in [-0.25, -0.2) is 9.59 Å². The molecule has 1 saturated heterocycles. The van der Waals surface area contributed by atoms with Gasteiger partial charge >= 0.3 is 18.0 Å². The van der Waals surface area contributed by atoms with Gasteiger partial charge < -0.3 is 25.7 Å². The first-order valence-electron chi connectivity index (χ1n) is 6.56. The average molecular weight is 301 g/mol. The normalized spacial score (nSPS) is 18.9. The van der Waals surface area contributed by atoms with Gasteiger partial charge in [0.15, 0.2) is 0 Å². The molecule has 4 N–H and O–H groups in total. The molecule has 0 aliphatic carbocycles. The van der Waals surface area contributed by atoms with Crippen LogP contribution in [0.1, 0.15) is 26.2 Å². The van der Waals surface area contributed by atoms with Gasteiger partial charge in [0, 0.05) is 32.5 Å². The molecule has 118 valence electrons. The lowest BCUT2D eigenvalue weighted by Gasteiger charge is -2.20. The number of aliphatic carboxylic acids is 2. The molecule has 0 spiro atoms. The summed E-state index contributed by atoms with van der Waals surface area (Å²) in [4.78, 5) is 45.7. The predicted octanol–water partition coefficient (Wildman–Crippen LogP) is -0.776. The molecule has 1 unspecified atom stereocenters. The van der Waals surface area contributed by atoms with Crippen molar-refractivity contribution in [3.63, 3.8) is 0 Å². The maximum absolute atomic E-state index is 11.9. The second kappa shape index (κ2) is 7.46. The van der Waals surface area contributed by atoms with Crippen LogP contribution >= 0.6 is 0 Å². The fraction of sp³-hybridized carbons (Fsp3) is 0.667. The highest BCUT2D eigenvalue weighted by Crippen LogP contribution is 2.10. The van der Waals surface area contributed by atoms with Crippen LogP contribution in [0.4, 0.5) is 4.79 Å². The third-order valence-electron chi connectivity index (χ3n) is 3.13. The minimum absolute atomic E-state index is 0.143. The van der Waals surface area contributed by atoms with Crippen molar-refractivity contribution in [2.45, 2.75) is 38.3 Å². The first kappa shape index (κ1) is 16.7. The van der Waals surface area contributed by atoms with E-state index in [0.717, 1.165) is 0 Å². The van der Waals surface area contributed by atoms with Gasteiger partial charge in [-0.1, -0.05) is 0 Å². The average Bonchev–Trinajstić information content (AvgIpc) is 2.81. The number of carboxylic acids is 2. The Morgan fingerprint density at radius 2 is 1.95 bits per heavy atom. The Morgan fingerprint density at radius 1 is 1.29 bits per heavy atom. The number of urea groups is 1. The van der Waals surface area contributed by atoms with Crippen LogP contribution in [0.15, 0.2) is 0 Å². The van der Waals surface area contributed by atoms with Crippen molar-refractivity contribution in [3.05, 3.63) is 0 Å². The van der Waals surface area contributed by atoms with Gasteiger partial charge in [0.1, 0.15) is 6.04 Å². The predicted molar refractivity (Wildman–Crippen MR) is 70.6 cm³/mol. The van der Waals surface area contributed by atoms with Crippen LogP contribution < -0.4 is 10.6 Å². The molecular weight excluding hydrogens is 282 g/mol. The van der Waals surface area contributed by atoms with E-state index in [0.29, 0.717) is 19.5 Å². The maximum atomic E-state index is 11.9. The Hall–Kier alpha value is -2.32. The summed E-state index contributed by atoms with van der Waals surface area (Å²) in [6.45, 7) is 2.09. The van der Waals surface area contributed by atoms with E-state index < -0.39 is 24.0 Å². The second-order valence-electron chi connectivity index (χ2n) is 4.90. The zero-order chi connectivity index (χ0) is 16.0. The first-order chi connectivity index (χ1) is 9.79. The molecule has 9 heteroatoms. The zero-order valence-electron chi connectivity index (χ0n) is 11.7. The molecule has 1 rings (SSSR count). The van der Waals surface area contributed by atoms with Crippen LogP contribution in [0.25, 0.3) is 0 Å². The molecule has 0 saturated carbocycles. The monoisotopic (exact) mass is 301 g/mol. The number of amides is 3. The van der Waals surface area contributed by atoms with Crippen molar-refractivity contribution < 1.29 is 29.4 Å². The lowest BCUT2D eigenvalue weighted by atomic mass is 10.1. The number of hydrogen-bond donors (Lipinski definition) is 4. The summed E-state index contributed by atoms with van der Waals surface area (Å²) in [6, 6.07) is -1.95. The van der Waals surface area contributed by atoms with E-state index in [1.54, 1.807) is 0 Å². The third-order valence-corrected chi connectivity index (χ3v) is 3.13. The smallest absolute Gasteiger partial charge is 0.326 e. The van der Waals surface area contributed by atoms with Crippen LogP contribution in [0, 0.1) is 0 Å². The van der Waals surface area contributed by atoms with Crippen LogP contribution in [0.5, 0.6) is 0 Å². The summed E-state index contributed by atoms with van der Waals surface area (Å²) in [6.07, 6.45) is 0.0744. The molecule has 0 aromatic rings. The molecule has 0 aromatic carbocycles. The van der Waals surface area contributed by atoms with Crippen molar-refractivity contribution >= 4 is 23.9 Å². The van der Waals surface area contributed by atoms with Crippen molar-refractivity contribution in [1.82, 2.24) is 15.5 Å². The summed E-state index contributed by atoms with van der Waals surface area (Å²) >= 11 is 0. The van der Waals surface area contributed by atoms with Gasteiger partial charge in [0.25, 0.3) is 0 Å². The number of nitrogens with one attached hydrogen (secondary N) is 2. The van der Waals surface area contributed by atoms with Gasteiger partial charge in [0.05, 0.1) is 0 Å². The molecule has 1 fully saturated rings. The minimum atomic E-state index is -1.28. The molecule has 0 bridgehead atoms. The minimum Gasteiger partial charge on any atom is -0.481 e. The molecule has 1 aliphatic heterocycles. The number of hydrogen-bond acceptors (Lipinski definition) is 4. The quantitative estimate of drug-likeness (QED) is 0.508. The summed E-state index contributed by atoms with van der Waals surface area (Å²) in [5, 5.41) is 22.5. The number of likely N-dealkylation sites (tertiary alicyclic amines) is 1. The molecule has 0 radical (unpaired) electrons. The molecule has 1 heterocycles. The largest absolute Gasteiger partial charge is 0.481 e. The molecule has 0 aromatic heterocycles. The van der Waals surface area contributed by atoms with Gasteiger partial charge in [-0.15, -0.1) is 0 Å². The molecular formula is C12H19N3O6. The molecule has 2 atom stereocenters. The SMILES string of the molecule is CC(=O)NC1CCN(C(=O)N[C@@H](CCC(=O)O)C(=O)O)C1. The first-order valence-corrected chi connectivity index (χ1v) is 6.56. The van der Waals surface area contributed by atoms with Crippen molar-refractivity contribution in [2.75, 3.05) is 13.1 Å². The fourth-order valence-corrected chi connectivity index (χ4v) is 2.12. The van der Waals surface area contributed by atoms with E-state index in [4.69, 9.17) is 10.2 Å². The number of carboxylic acid groups (broad SMARTS) is 2. The van der Waals surface area contributed by atoms with Gasteiger partial charge in [-0.3, -0.25) is 9.59 Å². The number of carbonyl (C=O) groups excluding carboxylic acids is 2. The summed E-state index contributed by atoms with van der Waals surface area (Å²) < 4.78 is 0. The zero-order valence-corrected chi connectivity index (χ0v) is 11.7. The third kappa shape index (κ3) is 5.67. The highest BCUT2D eigenvalue weighted by atomic mass is 16.4. The molecule has 1 aliphatic rings. The van der Waals surface area contributed by atoms with Crippen molar-refractivity contribution in [1.29, 1.82) is 0 Å². The van der Waals surface area contributed by atoms with Crippen molar-refractivity contribution in [2.24, 2.45) is 0 Å². The molecule has 3 amide bonds. The molecule has 21 heavy (non-hydrogen) atoms. The van der Waals surface area contributed by atoms with E-state index in [2.05, 4.69) is 10.6 Å². The second-order valence-corrected chi connectivity index (χ2v) is 4.90. The Labute approximate surface area is 121 Å². The summed E-state index contributed by atoms with van der Waals surface area (Å²) in [7, 11) is 0. The standard InChI is InChI=1S/C12H19N3O6/c1-7(16)13-8-4-5-15(6-8)12(21)14-9(11(19)20)2-3-10(17)18/h8-9H,2-6H2,1H3,(H,13,16)(H,14,21)(H,17,18)(H,19,20)/t8?,9-/m0/s1. The van der Waals surface area contributed by atoms with E-state index in [1.165, 1.54) is 11.8 Å². The lowest BCUT2D eigenvalue weighted by molar-refractivity contribution is -0.140. The van der Waals surface area contributed by atoms with Crippen LogP contribution in [-0.4, -0.2) is 64.2 Å². The summed E-state index contributed by atoms with van der Waals surface area (Å²) in [5.41, 5.74) is 0. The van der Waals surface area contributed by atoms with Crippen LogP contribution in [0.3, 0.4) is 0 Å². The van der Waals surface area contributed by atoms with Gasteiger partial charge in [0.2, 0.25) is 5.91 Å².